The Balaban J connectivity index is 2.43. The van der Waals surface area contributed by atoms with E-state index in [-0.39, 0.29) is 40.5 Å². The SMILES string of the molecule is Oc1cc(O)c(Cc2c(O)cccc2O)cc1O. The lowest BCUT2D eigenvalue weighted by Crippen LogP contribution is -1.91. The molecule has 5 N–H and O–H groups in total. The molecule has 0 radical (unpaired) electrons. The summed E-state index contributed by atoms with van der Waals surface area (Å²) in [5, 5.41) is 47.4. The summed E-state index contributed by atoms with van der Waals surface area (Å²) in [5.41, 5.74) is 0.514. The lowest BCUT2D eigenvalue weighted by atomic mass is 10.0. The predicted octanol–water partition coefficient (Wildman–Crippen LogP) is 1.81. The first-order valence-corrected chi connectivity index (χ1v) is 5.22. The smallest absolute Gasteiger partial charge is 0.161 e. The number of aromatic hydroxyl groups is 5. The molecule has 0 bridgehead atoms. The van der Waals surface area contributed by atoms with Crippen LogP contribution in [-0.2, 0) is 6.42 Å². The Kier molecular flexibility index (Phi) is 2.89. The minimum absolute atomic E-state index is 0.0260. The minimum atomic E-state index is -0.433. The van der Waals surface area contributed by atoms with E-state index in [9.17, 15) is 25.5 Å². The highest BCUT2D eigenvalue weighted by Crippen LogP contribution is 2.36. The standard InChI is InChI=1S/C13H12O5/c14-9-2-1-3-10(15)8(9)4-7-5-12(17)13(18)6-11(7)16/h1-3,5-6,14-18H,4H2. The van der Waals surface area contributed by atoms with Crippen molar-refractivity contribution in [2.24, 2.45) is 0 Å². The van der Waals surface area contributed by atoms with Crippen molar-refractivity contribution < 1.29 is 25.5 Å². The second-order valence-corrected chi connectivity index (χ2v) is 3.92. The van der Waals surface area contributed by atoms with Crippen LogP contribution in [0.1, 0.15) is 11.1 Å². The number of phenols is 5. The van der Waals surface area contributed by atoms with Crippen LogP contribution in [0.3, 0.4) is 0 Å². The van der Waals surface area contributed by atoms with Gasteiger partial charge < -0.3 is 25.5 Å². The summed E-state index contributed by atoms with van der Waals surface area (Å²) in [7, 11) is 0. The summed E-state index contributed by atoms with van der Waals surface area (Å²) < 4.78 is 0. The van der Waals surface area contributed by atoms with Gasteiger partial charge in [-0.2, -0.15) is 0 Å². The third kappa shape index (κ3) is 2.10. The van der Waals surface area contributed by atoms with Gasteiger partial charge in [0.15, 0.2) is 11.5 Å². The highest BCUT2D eigenvalue weighted by molar-refractivity contribution is 5.53. The van der Waals surface area contributed by atoms with Crippen molar-refractivity contribution in [3.8, 4) is 28.7 Å². The van der Waals surface area contributed by atoms with Gasteiger partial charge in [0, 0.05) is 23.6 Å². The van der Waals surface area contributed by atoms with Gasteiger partial charge in [-0.15, -0.1) is 0 Å². The van der Waals surface area contributed by atoms with E-state index in [1.54, 1.807) is 0 Å². The van der Waals surface area contributed by atoms with Gasteiger partial charge in [0.2, 0.25) is 0 Å². The molecule has 0 heterocycles. The molecule has 0 fully saturated rings. The highest BCUT2D eigenvalue weighted by Gasteiger charge is 2.13. The largest absolute Gasteiger partial charge is 0.508 e. The molecule has 0 aliphatic rings. The molecule has 0 saturated heterocycles. The summed E-state index contributed by atoms with van der Waals surface area (Å²) in [6, 6.07) is 6.49. The van der Waals surface area contributed by atoms with Crippen LogP contribution < -0.4 is 0 Å². The number of hydrogen-bond donors (Lipinski definition) is 5. The first kappa shape index (κ1) is 11.9. The molecular weight excluding hydrogens is 236 g/mol. The van der Waals surface area contributed by atoms with Crippen LogP contribution in [0.5, 0.6) is 28.7 Å². The number of hydrogen-bond acceptors (Lipinski definition) is 5. The number of benzene rings is 2. The van der Waals surface area contributed by atoms with Crippen LogP contribution in [0.15, 0.2) is 30.3 Å². The van der Waals surface area contributed by atoms with Crippen molar-refractivity contribution in [1.29, 1.82) is 0 Å². The van der Waals surface area contributed by atoms with Gasteiger partial charge >= 0.3 is 0 Å². The number of rotatable bonds is 2. The topological polar surface area (TPSA) is 101 Å². The van der Waals surface area contributed by atoms with Gasteiger partial charge in [-0.3, -0.25) is 0 Å². The Morgan fingerprint density at radius 1 is 0.667 bits per heavy atom. The lowest BCUT2D eigenvalue weighted by Gasteiger charge is -2.09. The van der Waals surface area contributed by atoms with Crippen LogP contribution >= 0.6 is 0 Å². The molecule has 0 spiro atoms. The van der Waals surface area contributed by atoms with E-state index in [2.05, 4.69) is 0 Å². The van der Waals surface area contributed by atoms with Crippen LogP contribution in [0, 0.1) is 0 Å². The van der Waals surface area contributed by atoms with Gasteiger partial charge in [0.1, 0.15) is 17.2 Å². The Labute approximate surface area is 103 Å². The maximum Gasteiger partial charge on any atom is 0.161 e. The Morgan fingerprint density at radius 2 is 1.22 bits per heavy atom. The first-order valence-electron chi connectivity index (χ1n) is 5.22. The molecule has 0 aliphatic carbocycles. The molecule has 18 heavy (non-hydrogen) atoms. The Morgan fingerprint density at radius 3 is 1.83 bits per heavy atom. The Hall–Kier alpha value is -2.56. The quantitative estimate of drug-likeness (QED) is 0.412. The summed E-state index contributed by atoms with van der Waals surface area (Å²) in [6.07, 6.45) is 0.0260. The van der Waals surface area contributed by atoms with E-state index in [1.165, 1.54) is 24.3 Å². The average Bonchev–Trinajstić information content (AvgIpc) is 2.30. The third-order valence-electron chi connectivity index (χ3n) is 2.67. The molecule has 0 atom stereocenters. The van der Waals surface area contributed by atoms with E-state index in [1.807, 2.05) is 0 Å². The molecule has 0 saturated carbocycles. The maximum absolute atomic E-state index is 9.62. The van der Waals surface area contributed by atoms with Crippen LogP contribution in [0.2, 0.25) is 0 Å². The normalized spacial score (nSPS) is 10.4. The molecule has 0 aliphatic heterocycles. The highest BCUT2D eigenvalue weighted by atomic mass is 16.3. The summed E-state index contributed by atoms with van der Waals surface area (Å²) >= 11 is 0. The summed E-state index contributed by atoms with van der Waals surface area (Å²) in [6.45, 7) is 0. The van der Waals surface area contributed by atoms with Crippen molar-refractivity contribution >= 4 is 0 Å². The fourth-order valence-corrected chi connectivity index (χ4v) is 1.69. The first-order chi connectivity index (χ1) is 8.49. The zero-order chi connectivity index (χ0) is 13.3. The molecule has 5 nitrogen and oxygen atoms in total. The van der Waals surface area contributed by atoms with Gasteiger partial charge in [-0.1, -0.05) is 6.07 Å². The summed E-state index contributed by atoms with van der Waals surface area (Å²) in [4.78, 5) is 0. The van der Waals surface area contributed by atoms with E-state index in [0.29, 0.717) is 0 Å². The minimum Gasteiger partial charge on any atom is -0.508 e. The molecule has 2 aromatic carbocycles. The molecule has 2 rings (SSSR count). The summed E-state index contributed by atoms with van der Waals surface area (Å²) in [5.74, 6) is -1.26. The molecule has 5 heteroatoms. The average molecular weight is 248 g/mol. The number of phenolic OH excluding ortho intramolecular Hbond substituents is 5. The monoisotopic (exact) mass is 248 g/mol. The van der Waals surface area contributed by atoms with Crippen LogP contribution in [0.25, 0.3) is 0 Å². The fourth-order valence-electron chi connectivity index (χ4n) is 1.69. The van der Waals surface area contributed by atoms with Crippen molar-refractivity contribution in [2.75, 3.05) is 0 Å². The lowest BCUT2D eigenvalue weighted by molar-refractivity contribution is 0.394. The van der Waals surface area contributed by atoms with Crippen molar-refractivity contribution in [1.82, 2.24) is 0 Å². The van der Waals surface area contributed by atoms with E-state index < -0.39 is 5.75 Å². The zero-order valence-corrected chi connectivity index (χ0v) is 9.33. The van der Waals surface area contributed by atoms with Gasteiger partial charge in [-0.25, -0.2) is 0 Å². The molecule has 2 aromatic rings. The predicted molar refractivity (Wildman–Crippen MR) is 64.0 cm³/mol. The van der Waals surface area contributed by atoms with Crippen LogP contribution in [0.4, 0.5) is 0 Å². The van der Waals surface area contributed by atoms with Crippen molar-refractivity contribution in [2.45, 2.75) is 6.42 Å². The molecule has 0 aromatic heterocycles. The molecule has 94 valence electrons. The van der Waals surface area contributed by atoms with E-state index in [0.717, 1.165) is 6.07 Å². The fraction of sp³-hybridized carbons (Fsp3) is 0.0769. The second kappa shape index (κ2) is 4.37. The van der Waals surface area contributed by atoms with Gasteiger partial charge in [0.05, 0.1) is 0 Å². The van der Waals surface area contributed by atoms with Crippen molar-refractivity contribution in [3.05, 3.63) is 41.5 Å². The molecule has 0 unspecified atom stereocenters. The second-order valence-electron chi connectivity index (χ2n) is 3.92. The van der Waals surface area contributed by atoms with E-state index >= 15 is 0 Å². The zero-order valence-electron chi connectivity index (χ0n) is 9.33. The molecule has 0 amide bonds. The third-order valence-corrected chi connectivity index (χ3v) is 2.67. The van der Waals surface area contributed by atoms with Gasteiger partial charge in [-0.05, 0) is 18.2 Å². The van der Waals surface area contributed by atoms with E-state index in [4.69, 9.17) is 0 Å². The van der Waals surface area contributed by atoms with Gasteiger partial charge in [0.25, 0.3) is 0 Å². The Bertz CT molecular complexity index is 572. The maximum atomic E-state index is 9.62. The van der Waals surface area contributed by atoms with Crippen molar-refractivity contribution in [3.63, 3.8) is 0 Å². The molecular formula is C13H12O5. The van der Waals surface area contributed by atoms with Crippen LogP contribution in [-0.4, -0.2) is 25.5 Å².